The van der Waals surface area contributed by atoms with E-state index in [1.807, 2.05) is 0 Å². The van der Waals surface area contributed by atoms with E-state index in [4.69, 9.17) is 4.74 Å². The third-order valence-electron chi connectivity index (χ3n) is 2.20. The molecule has 0 radical (unpaired) electrons. The zero-order chi connectivity index (χ0) is 7.45. The maximum absolute atomic E-state index is 9.75. The molecule has 1 saturated carbocycles. The number of methoxy groups -OCH3 is 1. The molecule has 0 amide bonds. The SMILES string of the molecule is COCC1(O)CCCCC1. The highest BCUT2D eigenvalue weighted by Crippen LogP contribution is 2.27. The molecule has 0 aromatic carbocycles. The number of rotatable bonds is 2. The molecule has 0 unspecified atom stereocenters. The number of ether oxygens (including phenoxy) is 1. The van der Waals surface area contributed by atoms with Crippen molar-refractivity contribution in [3.8, 4) is 0 Å². The van der Waals surface area contributed by atoms with Crippen LogP contribution in [0.1, 0.15) is 32.1 Å². The van der Waals surface area contributed by atoms with Crippen molar-refractivity contribution in [2.24, 2.45) is 0 Å². The minimum absolute atomic E-state index is 0.493. The lowest BCUT2D eigenvalue weighted by Crippen LogP contribution is -2.36. The normalized spacial score (nSPS) is 24.6. The van der Waals surface area contributed by atoms with Crippen molar-refractivity contribution in [3.63, 3.8) is 0 Å². The largest absolute Gasteiger partial charge is 0.387 e. The predicted octanol–water partition coefficient (Wildman–Crippen LogP) is 1.33. The lowest BCUT2D eigenvalue weighted by Gasteiger charge is -2.30. The monoisotopic (exact) mass is 144 g/mol. The topological polar surface area (TPSA) is 29.5 Å². The molecule has 1 aliphatic rings. The van der Waals surface area contributed by atoms with Gasteiger partial charge in [0, 0.05) is 7.11 Å². The molecule has 1 N–H and O–H groups in total. The third-order valence-corrected chi connectivity index (χ3v) is 2.20. The zero-order valence-corrected chi connectivity index (χ0v) is 6.60. The van der Waals surface area contributed by atoms with Crippen LogP contribution in [-0.4, -0.2) is 24.4 Å². The van der Waals surface area contributed by atoms with E-state index in [1.54, 1.807) is 7.11 Å². The molecule has 2 nitrogen and oxygen atoms in total. The summed E-state index contributed by atoms with van der Waals surface area (Å²) < 4.78 is 4.93. The lowest BCUT2D eigenvalue weighted by molar-refractivity contribution is -0.0556. The second-order valence-corrected chi connectivity index (χ2v) is 3.22. The summed E-state index contributed by atoms with van der Waals surface area (Å²) >= 11 is 0. The minimum atomic E-state index is -0.493. The second kappa shape index (κ2) is 3.35. The van der Waals surface area contributed by atoms with Crippen LogP contribution in [0.15, 0.2) is 0 Å². The van der Waals surface area contributed by atoms with Gasteiger partial charge in [-0.2, -0.15) is 0 Å². The summed E-state index contributed by atoms with van der Waals surface area (Å²) in [4.78, 5) is 0. The molecular formula is C8H16O2. The molecule has 1 aliphatic carbocycles. The standard InChI is InChI=1S/C8H16O2/c1-10-7-8(9)5-3-2-4-6-8/h9H,2-7H2,1H3. The Kier molecular flexibility index (Phi) is 2.69. The highest BCUT2D eigenvalue weighted by atomic mass is 16.5. The van der Waals surface area contributed by atoms with Crippen LogP contribution >= 0.6 is 0 Å². The van der Waals surface area contributed by atoms with E-state index in [0.29, 0.717) is 6.61 Å². The molecule has 0 heterocycles. The first-order valence-electron chi connectivity index (χ1n) is 3.98. The minimum Gasteiger partial charge on any atom is -0.387 e. The van der Waals surface area contributed by atoms with Crippen molar-refractivity contribution < 1.29 is 9.84 Å². The summed E-state index contributed by atoms with van der Waals surface area (Å²) in [5.41, 5.74) is -0.493. The lowest BCUT2D eigenvalue weighted by atomic mass is 9.86. The Bertz CT molecular complexity index is 89.9. The van der Waals surface area contributed by atoms with Crippen LogP contribution in [0.3, 0.4) is 0 Å². The van der Waals surface area contributed by atoms with Gasteiger partial charge in [0.05, 0.1) is 12.2 Å². The zero-order valence-electron chi connectivity index (χ0n) is 6.60. The fourth-order valence-electron chi connectivity index (χ4n) is 1.62. The van der Waals surface area contributed by atoms with Crippen LogP contribution < -0.4 is 0 Å². The van der Waals surface area contributed by atoms with Crippen molar-refractivity contribution in [1.29, 1.82) is 0 Å². The Hall–Kier alpha value is -0.0800. The highest BCUT2D eigenvalue weighted by molar-refractivity contribution is 4.81. The van der Waals surface area contributed by atoms with Crippen molar-refractivity contribution in [2.45, 2.75) is 37.7 Å². The van der Waals surface area contributed by atoms with Crippen molar-refractivity contribution >= 4 is 0 Å². The van der Waals surface area contributed by atoms with Gasteiger partial charge in [0.15, 0.2) is 0 Å². The number of hydrogen-bond donors (Lipinski definition) is 1. The Labute approximate surface area is 62.2 Å². The molecule has 10 heavy (non-hydrogen) atoms. The molecule has 0 atom stereocenters. The molecular weight excluding hydrogens is 128 g/mol. The van der Waals surface area contributed by atoms with Crippen LogP contribution in [0.4, 0.5) is 0 Å². The summed E-state index contributed by atoms with van der Waals surface area (Å²) in [6.07, 6.45) is 5.41. The molecule has 0 aliphatic heterocycles. The van der Waals surface area contributed by atoms with E-state index in [0.717, 1.165) is 25.7 Å². The Morgan fingerprint density at radius 3 is 2.40 bits per heavy atom. The van der Waals surface area contributed by atoms with Gasteiger partial charge in [-0.1, -0.05) is 19.3 Å². The molecule has 0 spiro atoms. The first-order valence-corrected chi connectivity index (χ1v) is 3.98. The average Bonchev–Trinajstić information content (AvgIpc) is 1.89. The summed E-state index contributed by atoms with van der Waals surface area (Å²) in [6, 6.07) is 0. The Morgan fingerprint density at radius 2 is 1.90 bits per heavy atom. The van der Waals surface area contributed by atoms with E-state index in [2.05, 4.69) is 0 Å². The summed E-state index contributed by atoms with van der Waals surface area (Å²) in [6.45, 7) is 0.507. The first-order chi connectivity index (χ1) is 4.77. The highest BCUT2D eigenvalue weighted by Gasteiger charge is 2.28. The van der Waals surface area contributed by atoms with Gasteiger partial charge in [0.1, 0.15) is 0 Å². The van der Waals surface area contributed by atoms with E-state index < -0.39 is 5.60 Å². The van der Waals surface area contributed by atoms with Crippen LogP contribution in [-0.2, 0) is 4.74 Å². The first kappa shape index (κ1) is 8.02. The van der Waals surface area contributed by atoms with Gasteiger partial charge >= 0.3 is 0 Å². The number of aliphatic hydroxyl groups is 1. The smallest absolute Gasteiger partial charge is 0.0880 e. The molecule has 0 saturated heterocycles. The average molecular weight is 144 g/mol. The van der Waals surface area contributed by atoms with Gasteiger partial charge in [-0.3, -0.25) is 0 Å². The fraction of sp³-hybridized carbons (Fsp3) is 1.00. The molecule has 0 bridgehead atoms. The molecule has 0 aromatic rings. The van der Waals surface area contributed by atoms with E-state index in [9.17, 15) is 5.11 Å². The van der Waals surface area contributed by atoms with E-state index in [1.165, 1.54) is 6.42 Å². The Morgan fingerprint density at radius 1 is 1.30 bits per heavy atom. The molecule has 2 heteroatoms. The summed E-state index contributed by atoms with van der Waals surface area (Å²) in [5.74, 6) is 0. The van der Waals surface area contributed by atoms with E-state index in [-0.39, 0.29) is 0 Å². The molecule has 1 rings (SSSR count). The van der Waals surface area contributed by atoms with Crippen LogP contribution in [0.5, 0.6) is 0 Å². The quantitative estimate of drug-likeness (QED) is 0.633. The van der Waals surface area contributed by atoms with Gasteiger partial charge < -0.3 is 9.84 Å². The maximum Gasteiger partial charge on any atom is 0.0880 e. The van der Waals surface area contributed by atoms with Crippen LogP contribution in [0.25, 0.3) is 0 Å². The maximum atomic E-state index is 9.75. The van der Waals surface area contributed by atoms with Gasteiger partial charge in [-0.15, -0.1) is 0 Å². The van der Waals surface area contributed by atoms with Crippen LogP contribution in [0.2, 0.25) is 0 Å². The molecule has 60 valence electrons. The van der Waals surface area contributed by atoms with Crippen molar-refractivity contribution in [3.05, 3.63) is 0 Å². The second-order valence-electron chi connectivity index (χ2n) is 3.22. The summed E-state index contributed by atoms with van der Waals surface area (Å²) in [5, 5.41) is 9.75. The van der Waals surface area contributed by atoms with Gasteiger partial charge in [-0.05, 0) is 12.8 Å². The van der Waals surface area contributed by atoms with Gasteiger partial charge in [0.2, 0.25) is 0 Å². The third kappa shape index (κ3) is 1.96. The fourth-order valence-corrected chi connectivity index (χ4v) is 1.62. The van der Waals surface area contributed by atoms with Crippen LogP contribution in [0, 0.1) is 0 Å². The van der Waals surface area contributed by atoms with Gasteiger partial charge in [-0.25, -0.2) is 0 Å². The van der Waals surface area contributed by atoms with Crippen molar-refractivity contribution in [2.75, 3.05) is 13.7 Å². The predicted molar refractivity (Wildman–Crippen MR) is 39.9 cm³/mol. The van der Waals surface area contributed by atoms with Crippen molar-refractivity contribution in [1.82, 2.24) is 0 Å². The summed E-state index contributed by atoms with van der Waals surface area (Å²) in [7, 11) is 1.65. The Balaban J connectivity index is 2.32. The van der Waals surface area contributed by atoms with Gasteiger partial charge in [0.25, 0.3) is 0 Å². The number of hydrogen-bond acceptors (Lipinski definition) is 2. The molecule has 1 fully saturated rings. The van der Waals surface area contributed by atoms with E-state index >= 15 is 0 Å². The molecule has 0 aromatic heterocycles.